The number of benzene rings is 2. The number of nitrogens with one attached hydrogen (secondary N) is 1. The van der Waals surface area contributed by atoms with Crippen molar-refractivity contribution < 1.29 is 4.79 Å². The van der Waals surface area contributed by atoms with Crippen molar-refractivity contribution in [1.82, 2.24) is 0 Å². The number of carbonyl (C=O) groups is 1. The number of rotatable bonds is 4. The van der Waals surface area contributed by atoms with Crippen LogP contribution in [-0.2, 0) is 0 Å². The first-order valence-corrected chi connectivity index (χ1v) is 6.88. The standard InChI is InChI=1S/C15H10Cl3NO/c16-10-2-1-3-12(8-10)19-7-6-15(20)13-9-11(17)4-5-14(13)18/h1-9,19H/b7-6-. The third kappa shape index (κ3) is 4.01. The maximum absolute atomic E-state index is 12.0. The molecule has 2 aromatic carbocycles. The lowest BCUT2D eigenvalue weighted by Crippen LogP contribution is -1.97. The minimum atomic E-state index is -0.230. The molecule has 0 aliphatic heterocycles. The molecule has 0 atom stereocenters. The van der Waals surface area contributed by atoms with E-state index in [0.29, 0.717) is 20.6 Å². The van der Waals surface area contributed by atoms with Gasteiger partial charge in [0.1, 0.15) is 0 Å². The van der Waals surface area contributed by atoms with Crippen molar-refractivity contribution in [2.75, 3.05) is 5.32 Å². The quantitative estimate of drug-likeness (QED) is 0.597. The van der Waals surface area contributed by atoms with Gasteiger partial charge in [0, 0.05) is 33.6 Å². The highest BCUT2D eigenvalue weighted by Gasteiger charge is 2.07. The molecule has 0 saturated carbocycles. The Balaban J connectivity index is 2.08. The van der Waals surface area contributed by atoms with Crippen LogP contribution in [0.25, 0.3) is 0 Å². The van der Waals surface area contributed by atoms with Gasteiger partial charge >= 0.3 is 0 Å². The van der Waals surface area contributed by atoms with Crippen LogP contribution >= 0.6 is 34.8 Å². The zero-order valence-electron chi connectivity index (χ0n) is 10.2. The second kappa shape index (κ2) is 6.80. The summed E-state index contributed by atoms with van der Waals surface area (Å²) < 4.78 is 0. The normalized spacial score (nSPS) is 10.8. The molecular weight excluding hydrogens is 317 g/mol. The number of allylic oxidation sites excluding steroid dienone is 1. The smallest absolute Gasteiger partial charge is 0.188 e. The molecule has 0 spiro atoms. The Labute approximate surface area is 132 Å². The van der Waals surface area contributed by atoms with Gasteiger partial charge in [-0.2, -0.15) is 0 Å². The van der Waals surface area contributed by atoms with Crippen molar-refractivity contribution in [1.29, 1.82) is 0 Å². The summed E-state index contributed by atoms with van der Waals surface area (Å²) in [4.78, 5) is 12.0. The van der Waals surface area contributed by atoms with Crippen LogP contribution in [0.4, 0.5) is 5.69 Å². The van der Waals surface area contributed by atoms with Crippen LogP contribution in [0.1, 0.15) is 10.4 Å². The fraction of sp³-hybridized carbons (Fsp3) is 0. The van der Waals surface area contributed by atoms with Gasteiger partial charge < -0.3 is 5.32 Å². The van der Waals surface area contributed by atoms with E-state index in [-0.39, 0.29) is 5.78 Å². The van der Waals surface area contributed by atoms with E-state index in [1.807, 2.05) is 12.1 Å². The Hall–Kier alpha value is -1.48. The van der Waals surface area contributed by atoms with Crippen molar-refractivity contribution in [3.8, 4) is 0 Å². The number of hydrogen-bond donors (Lipinski definition) is 1. The SMILES string of the molecule is O=C(/C=C\Nc1cccc(Cl)c1)c1cc(Cl)ccc1Cl. The maximum Gasteiger partial charge on any atom is 0.188 e. The molecule has 20 heavy (non-hydrogen) atoms. The monoisotopic (exact) mass is 325 g/mol. The number of carbonyl (C=O) groups excluding carboxylic acids is 1. The van der Waals surface area contributed by atoms with Gasteiger partial charge in [-0.3, -0.25) is 4.79 Å². The third-order valence-electron chi connectivity index (χ3n) is 2.50. The van der Waals surface area contributed by atoms with E-state index in [4.69, 9.17) is 34.8 Å². The van der Waals surface area contributed by atoms with Crippen molar-refractivity contribution in [2.24, 2.45) is 0 Å². The Kier molecular flexibility index (Phi) is 5.07. The van der Waals surface area contributed by atoms with Crippen molar-refractivity contribution in [2.45, 2.75) is 0 Å². The summed E-state index contributed by atoms with van der Waals surface area (Å²) in [6, 6.07) is 11.9. The zero-order chi connectivity index (χ0) is 14.5. The number of halogens is 3. The molecular formula is C15H10Cl3NO. The molecule has 5 heteroatoms. The molecule has 0 radical (unpaired) electrons. The minimum Gasteiger partial charge on any atom is -0.362 e. The van der Waals surface area contributed by atoms with Crippen molar-refractivity contribution >= 4 is 46.3 Å². The summed E-state index contributed by atoms with van der Waals surface area (Å²) in [7, 11) is 0. The fourth-order valence-corrected chi connectivity index (χ4v) is 2.14. The molecule has 0 aromatic heterocycles. The molecule has 2 rings (SSSR count). The molecule has 0 saturated heterocycles. The van der Waals surface area contributed by atoms with Crippen LogP contribution in [0.2, 0.25) is 15.1 Å². The Morgan fingerprint density at radius 3 is 2.50 bits per heavy atom. The van der Waals surface area contributed by atoms with Gasteiger partial charge in [0.2, 0.25) is 0 Å². The molecule has 0 aliphatic carbocycles. The number of ketones is 1. The molecule has 2 aromatic rings. The predicted molar refractivity (Wildman–Crippen MR) is 85.0 cm³/mol. The highest BCUT2D eigenvalue weighted by atomic mass is 35.5. The van der Waals surface area contributed by atoms with E-state index in [2.05, 4.69) is 5.32 Å². The van der Waals surface area contributed by atoms with Crippen molar-refractivity contribution in [3.05, 3.63) is 75.4 Å². The van der Waals surface area contributed by atoms with E-state index < -0.39 is 0 Å². The molecule has 1 N–H and O–H groups in total. The number of hydrogen-bond acceptors (Lipinski definition) is 2. The molecule has 0 bridgehead atoms. The number of anilines is 1. The topological polar surface area (TPSA) is 29.1 Å². The summed E-state index contributed by atoms with van der Waals surface area (Å²) in [5.41, 5.74) is 1.15. The van der Waals surface area contributed by atoms with E-state index in [1.165, 1.54) is 18.3 Å². The molecule has 0 unspecified atom stereocenters. The highest BCUT2D eigenvalue weighted by Crippen LogP contribution is 2.21. The zero-order valence-corrected chi connectivity index (χ0v) is 12.5. The average molecular weight is 327 g/mol. The van der Waals surface area contributed by atoms with Gasteiger partial charge in [-0.15, -0.1) is 0 Å². The largest absolute Gasteiger partial charge is 0.362 e. The van der Waals surface area contributed by atoms with Gasteiger partial charge in [-0.25, -0.2) is 0 Å². The molecule has 0 aliphatic rings. The lowest BCUT2D eigenvalue weighted by Gasteiger charge is -2.02. The summed E-state index contributed by atoms with van der Waals surface area (Å²) in [6.07, 6.45) is 2.92. The van der Waals surface area contributed by atoms with E-state index in [0.717, 1.165) is 5.69 Å². The van der Waals surface area contributed by atoms with E-state index >= 15 is 0 Å². The Bertz CT molecular complexity index is 668. The lowest BCUT2D eigenvalue weighted by molar-refractivity contribution is 0.104. The van der Waals surface area contributed by atoms with E-state index in [1.54, 1.807) is 24.3 Å². The van der Waals surface area contributed by atoms with Gasteiger partial charge in [0.05, 0.1) is 5.02 Å². The first-order valence-electron chi connectivity index (χ1n) is 5.74. The van der Waals surface area contributed by atoms with Crippen LogP contribution in [0.15, 0.2) is 54.7 Å². The van der Waals surface area contributed by atoms with Crippen LogP contribution in [-0.4, -0.2) is 5.78 Å². The van der Waals surface area contributed by atoms with Gasteiger partial charge in [-0.05, 0) is 36.4 Å². The van der Waals surface area contributed by atoms with Gasteiger partial charge in [-0.1, -0.05) is 40.9 Å². The second-order valence-electron chi connectivity index (χ2n) is 3.98. The van der Waals surface area contributed by atoms with Gasteiger partial charge in [0.25, 0.3) is 0 Å². The first-order chi connectivity index (χ1) is 9.56. The van der Waals surface area contributed by atoms with Crippen LogP contribution in [0.5, 0.6) is 0 Å². The van der Waals surface area contributed by atoms with Crippen molar-refractivity contribution in [3.63, 3.8) is 0 Å². The molecule has 0 amide bonds. The third-order valence-corrected chi connectivity index (χ3v) is 3.30. The van der Waals surface area contributed by atoms with Crippen LogP contribution in [0, 0.1) is 0 Å². The molecule has 0 fully saturated rings. The summed E-state index contributed by atoms with van der Waals surface area (Å²) in [5.74, 6) is -0.230. The molecule has 0 heterocycles. The first kappa shape index (κ1) is 14.9. The average Bonchev–Trinajstić information content (AvgIpc) is 2.41. The summed E-state index contributed by atoms with van der Waals surface area (Å²) in [5, 5.41) is 4.41. The maximum atomic E-state index is 12.0. The Morgan fingerprint density at radius 1 is 1.00 bits per heavy atom. The fourth-order valence-electron chi connectivity index (χ4n) is 1.57. The lowest BCUT2D eigenvalue weighted by atomic mass is 10.1. The van der Waals surface area contributed by atoms with Crippen LogP contribution in [0.3, 0.4) is 0 Å². The predicted octanol–water partition coefficient (Wildman–Crippen LogP) is 5.46. The van der Waals surface area contributed by atoms with Gasteiger partial charge in [0.15, 0.2) is 5.78 Å². The molecule has 2 nitrogen and oxygen atoms in total. The summed E-state index contributed by atoms with van der Waals surface area (Å²) in [6.45, 7) is 0. The minimum absolute atomic E-state index is 0.230. The second-order valence-corrected chi connectivity index (χ2v) is 5.26. The molecule has 102 valence electrons. The Morgan fingerprint density at radius 2 is 1.75 bits per heavy atom. The highest BCUT2D eigenvalue weighted by molar-refractivity contribution is 6.36. The van der Waals surface area contributed by atoms with E-state index in [9.17, 15) is 4.79 Å². The van der Waals surface area contributed by atoms with Crippen LogP contribution < -0.4 is 5.32 Å². The summed E-state index contributed by atoms with van der Waals surface area (Å²) >= 11 is 17.7.